The lowest BCUT2D eigenvalue weighted by atomic mass is 10.2. The number of morpholine rings is 1. The predicted octanol–water partition coefficient (Wildman–Crippen LogP) is 1.97. The molecule has 2 heterocycles. The van der Waals surface area contributed by atoms with E-state index in [1.807, 2.05) is 6.07 Å². The van der Waals surface area contributed by atoms with Gasteiger partial charge < -0.3 is 14.4 Å². The van der Waals surface area contributed by atoms with E-state index in [1.54, 1.807) is 11.8 Å². The fourth-order valence-electron chi connectivity index (χ4n) is 1.88. The Kier molecular flexibility index (Phi) is 5.13. The van der Waals surface area contributed by atoms with Crippen LogP contribution in [0.1, 0.15) is 5.56 Å². The lowest BCUT2D eigenvalue weighted by Gasteiger charge is -2.28. The van der Waals surface area contributed by atoms with Crippen LogP contribution in [0.15, 0.2) is 12.1 Å². The summed E-state index contributed by atoms with van der Waals surface area (Å²) in [5, 5.41) is 0. The Hall–Kier alpha value is -0.940. The highest BCUT2D eigenvalue weighted by molar-refractivity contribution is 7.98. The molecule has 1 aliphatic rings. The quantitative estimate of drug-likeness (QED) is 0.763. The summed E-state index contributed by atoms with van der Waals surface area (Å²) in [5.41, 5.74) is 1.19. The second kappa shape index (κ2) is 6.85. The normalized spacial score (nSPS) is 15.8. The molecule has 1 saturated heterocycles. The van der Waals surface area contributed by atoms with Crippen LogP contribution in [0.4, 0.5) is 5.82 Å². The first kappa shape index (κ1) is 13.5. The van der Waals surface area contributed by atoms with Gasteiger partial charge >= 0.3 is 0 Å². The molecule has 0 bridgehead atoms. The Morgan fingerprint density at radius 3 is 2.89 bits per heavy atom. The number of pyridine rings is 1. The van der Waals surface area contributed by atoms with Crippen LogP contribution in [0, 0.1) is 6.92 Å². The largest absolute Gasteiger partial charge is 0.477 e. The third kappa shape index (κ3) is 3.78. The molecule has 0 saturated carbocycles. The van der Waals surface area contributed by atoms with E-state index < -0.39 is 0 Å². The number of hydrogen-bond donors (Lipinski definition) is 0. The van der Waals surface area contributed by atoms with Crippen molar-refractivity contribution in [3.8, 4) is 5.88 Å². The van der Waals surface area contributed by atoms with E-state index in [-0.39, 0.29) is 0 Å². The summed E-state index contributed by atoms with van der Waals surface area (Å²) in [4.78, 5) is 6.82. The highest BCUT2D eigenvalue weighted by Gasteiger charge is 2.13. The van der Waals surface area contributed by atoms with E-state index in [0.29, 0.717) is 6.61 Å². The van der Waals surface area contributed by atoms with Crippen molar-refractivity contribution in [2.24, 2.45) is 0 Å². The molecule has 0 spiro atoms. The third-order valence-electron chi connectivity index (χ3n) is 2.81. The minimum absolute atomic E-state index is 0.709. The summed E-state index contributed by atoms with van der Waals surface area (Å²) in [7, 11) is 0. The average molecular weight is 268 g/mol. The number of nitrogens with zero attached hydrogens (tertiary/aromatic N) is 2. The molecule has 2 rings (SSSR count). The minimum atomic E-state index is 0.709. The van der Waals surface area contributed by atoms with Crippen molar-refractivity contribution >= 4 is 17.6 Å². The molecule has 0 radical (unpaired) electrons. The Morgan fingerprint density at radius 2 is 2.17 bits per heavy atom. The van der Waals surface area contributed by atoms with Gasteiger partial charge in [0, 0.05) is 24.9 Å². The van der Waals surface area contributed by atoms with Crippen LogP contribution in [0.5, 0.6) is 5.88 Å². The average Bonchev–Trinajstić information content (AvgIpc) is 2.39. The van der Waals surface area contributed by atoms with Crippen molar-refractivity contribution in [2.75, 3.05) is 49.8 Å². The van der Waals surface area contributed by atoms with Crippen molar-refractivity contribution < 1.29 is 9.47 Å². The van der Waals surface area contributed by atoms with Crippen molar-refractivity contribution in [3.05, 3.63) is 17.7 Å². The van der Waals surface area contributed by atoms with Crippen LogP contribution in [0.25, 0.3) is 0 Å². The van der Waals surface area contributed by atoms with Crippen LogP contribution >= 0.6 is 11.8 Å². The molecule has 0 amide bonds. The highest BCUT2D eigenvalue weighted by Crippen LogP contribution is 2.20. The molecule has 0 aliphatic carbocycles. The maximum Gasteiger partial charge on any atom is 0.215 e. The molecule has 1 aliphatic heterocycles. The van der Waals surface area contributed by atoms with Gasteiger partial charge in [0.2, 0.25) is 5.88 Å². The number of thioether (sulfide) groups is 1. The molecule has 100 valence electrons. The Bertz CT molecular complexity index is 381. The van der Waals surface area contributed by atoms with Gasteiger partial charge in [0.25, 0.3) is 0 Å². The molecule has 0 unspecified atom stereocenters. The van der Waals surface area contributed by atoms with E-state index in [0.717, 1.165) is 43.8 Å². The molecule has 0 aromatic carbocycles. The first-order valence-corrected chi connectivity index (χ1v) is 7.62. The molecule has 18 heavy (non-hydrogen) atoms. The SMILES string of the molecule is CSCCOc1cc(C)cc(N2CCOCC2)n1. The molecule has 4 nitrogen and oxygen atoms in total. The van der Waals surface area contributed by atoms with Crippen molar-refractivity contribution in [1.82, 2.24) is 4.98 Å². The zero-order valence-corrected chi connectivity index (χ0v) is 11.8. The van der Waals surface area contributed by atoms with E-state index >= 15 is 0 Å². The van der Waals surface area contributed by atoms with Gasteiger partial charge in [0.15, 0.2) is 0 Å². The van der Waals surface area contributed by atoms with Crippen LogP contribution in [-0.2, 0) is 4.74 Å². The monoisotopic (exact) mass is 268 g/mol. The number of aromatic nitrogens is 1. The first-order valence-electron chi connectivity index (χ1n) is 6.23. The minimum Gasteiger partial charge on any atom is -0.477 e. The van der Waals surface area contributed by atoms with Gasteiger partial charge in [0.05, 0.1) is 19.8 Å². The van der Waals surface area contributed by atoms with E-state index in [1.165, 1.54) is 5.56 Å². The van der Waals surface area contributed by atoms with E-state index in [4.69, 9.17) is 9.47 Å². The maximum atomic E-state index is 5.67. The lowest BCUT2D eigenvalue weighted by Crippen LogP contribution is -2.36. The zero-order valence-electron chi connectivity index (χ0n) is 11.0. The van der Waals surface area contributed by atoms with Gasteiger partial charge in [-0.1, -0.05) is 0 Å². The molecule has 1 aromatic rings. The molecular formula is C13H20N2O2S. The Balaban J connectivity index is 2.05. The summed E-state index contributed by atoms with van der Waals surface area (Å²) in [6.07, 6.45) is 2.08. The predicted molar refractivity (Wildman–Crippen MR) is 75.9 cm³/mol. The summed E-state index contributed by atoms with van der Waals surface area (Å²) >= 11 is 1.78. The highest BCUT2D eigenvalue weighted by atomic mass is 32.2. The topological polar surface area (TPSA) is 34.6 Å². The van der Waals surface area contributed by atoms with Gasteiger partial charge in [-0.15, -0.1) is 0 Å². The van der Waals surface area contributed by atoms with Gasteiger partial charge in [-0.2, -0.15) is 16.7 Å². The zero-order chi connectivity index (χ0) is 12.8. The summed E-state index contributed by atoms with van der Waals surface area (Å²) in [6.45, 7) is 6.14. The van der Waals surface area contributed by atoms with Gasteiger partial charge in [-0.05, 0) is 24.8 Å². The van der Waals surface area contributed by atoms with E-state index in [2.05, 4.69) is 29.1 Å². The number of hydrogen-bond acceptors (Lipinski definition) is 5. The molecular weight excluding hydrogens is 248 g/mol. The molecule has 0 atom stereocenters. The van der Waals surface area contributed by atoms with Gasteiger partial charge in [0.1, 0.15) is 5.82 Å². The fourth-order valence-corrected chi connectivity index (χ4v) is 2.13. The lowest BCUT2D eigenvalue weighted by molar-refractivity contribution is 0.122. The molecule has 5 heteroatoms. The molecule has 1 fully saturated rings. The Labute approximate surface area is 113 Å². The van der Waals surface area contributed by atoms with Crippen LogP contribution in [0.2, 0.25) is 0 Å². The Morgan fingerprint density at radius 1 is 1.39 bits per heavy atom. The number of anilines is 1. The van der Waals surface area contributed by atoms with Gasteiger partial charge in [-0.3, -0.25) is 0 Å². The van der Waals surface area contributed by atoms with Crippen molar-refractivity contribution in [3.63, 3.8) is 0 Å². The summed E-state index contributed by atoms with van der Waals surface area (Å²) in [6, 6.07) is 4.09. The molecule has 1 aromatic heterocycles. The smallest absolute Gasteiger partial charge is 0.215 e. The second-order valence-electron chi connectivity index (χ2n) is 4.28. The summed E-state index contributed by atoms with van der Waals surface area (Å²) < 4.78 is 11.0. The summed E-state index contributed by atoms with van der Waals surface area (Å²) in [5.74, 6) is 2.71. The fraction of sp³-hybridized carbons (Fsp3) is 0.615. The third-order valence-corrected chi connectivity index (χ3v) is 3.38. The molecule has 0 N–H and O–H groups in total. The first-order chi connectivity index (χ1) is 8.79. The van der Waals surface area contributed by atoms with Crippen LogP contribution in [0.3, 0.4) is 0 Å². The van der Waals surface area contributed by atoms with E-state index in [9.17, 15) is 0 Å². The number of rotatable bonds is 5. The number of aryl methyl sites for hydroxylation is 1. The van der Waals surface area contributed by atoms with Crippen molar-refractivity contribution in [1.29, 1.82) is 0 Å². The van der Waals surface area contributed by atoms with Crippen LogP contribution < -0.4 is 9.64 Å². The maximum absolute atomic E-state index is 5.67. The van der Waals surface area contributed by atoms with Gasteiger partial charge in [-0.25, -0.2) is 0 Å². The number of ether oxygens (including phenoxy) is 2. The van der Waals surface area contributed by atoms with Crippen LogP contribution in [-0.4, -0.2) is 49.9 Å². The second-order valence-corrected chi connectivity index (χ2v) is 5.27. The van der Waals surface area contributed by atoms with Crippen molar-refractivity contribution in [2.45, 2.75) is 6.92 Å². The standard InChI is InChI=1S/C13H20N2O2S/c1-11-9-12(15-3-5-16-6-4-15)14-13(10-11)17-7-8-18-2/h9-10H,3-8H2,1-2H3.